The second-order valence-corrected chi connectivity index (χ2v) is 6.46. The number of nitrogens with zero attached hydrogens (tertiary/aromatic N) is 2. The van der Waals surface area contributed by atoms with Crippen LogP contribution in [0.3, 0.4) is 0 Å². The summed E-state index contributed by atoms with van der Waals surface area (Å²) in [6.07, 6.45) is 5.37. The standard InChI is InChI=1S/C15H31N3/c1-4-14-7-9-18(11-13(2)10-16-14)15-6-5-8-17(3)12-15/h13-16H,4-12H2,1-3H3. The van der Waals surface area contributed by atoms with Crippen LogP contribution in [0, 0.1) is 5.92 Å². The number of piperidine rings is 1. The molecule has 0 spiro atoms. The van der Waals surface area contributed by atoms with E-state index in [1.54, 1.807) is 0 Å². The summed E-state index contributed by atoms with van der Waals surface area (Å²) in [5, 5.41) is 3.72. The molecule has 2 aliphatic rings. The molecule has 2 saturated heterocycles. The average Bonchev–Trinajstić information content (AvgIpc) is 2.34. The molecule has 2 aliphatic heterocycles. The van der Waals surface area contributed by atoms with Crippen LogP contribution in [0.1, 0.15) is 39.5 Å². The maximum atomic E-state index is 3.72. The van der Waals surface area contributed by atoms with Crippen molar-refractivity contribution >= 4 is 0 Å². The number of hydrogen-bond donors (Lipinski definition) is 1. The Balaban J connectivity index is 1.92. The first-order valence-corrected chi connectivity index (χ1v) is 7.85. The van der Waals surface area contributed by atoms with Crippen LogP contribution in [0.4, 0.5) is 0 Å². The summed E-state index contributed by atoms with van der Waals surface area (Å²) in [7, 11) is 2.27. The molecule has 3 atom stereocenters. The van der Waals surface area contributed by atoms with Gasteiger partial charge in [0, 0.05) is 25.2 Å². The third-order valence-electron chi connectivity index (χ3n) is 4.67. The minimum Gasteiger partial charge on any atom is -0.314 e. The van der Waals surface area contributed by atoms with Crippen molar-refractivity contribution in [1.29, 1.82) is 0 Å². The number of likely N-dealkylation sites (N-methyl/N-ethyl adjacent to an activating group) is 1. The molecule has 0 amide bonds. The van der Waals surface area contributed by atoms with E-state index in [0.29, 0.717) is 0 Å². The molecular weight excluding hydrogens is 222 g/mol. The van der Waals surface area contributed by atoms with E-state index >= 15 is 0 Å². The fourth-order valence-electron chi connectivity index (χ4n) is 3.47. The van der Waals surface area contributed by atoms with Crippen molar-refractivity contribution in [2.75, 3.05) is 39.8 Å². The first-order valence-electron chi connectivity index (χ1n) is 7.85. The Hall–Kier alpha value is -0.120. The van der Waals surface area contributed by atoms with E-state index in [-0.39, 0.29) is 0 Å². The zero-order valence-corrected chi connectivity index (χ0v) is 12.5. The van der Waals surface area contributed by atoms with Gasteiger partial charge in [0.25, 0.3) is 0 Å². The highest BCUT2D eigenvalue weighted by Gasteiger charge is 2.26. The zero-order chi connectivity index (χ0) is 13.0. The fraction of sp³-hybridized carbons (Fsp3) is 1.00. The first kappa shape index (κ1) is 14.3. The number of rotatable bonds is 2. The van der Waals surface area contributed by atoms with E-state index in [1.807, 2.05) is 0 Å². The summed E-state index contributed by atoms with van der Waals surface area (Å²) >= 11 is 0. The van der Waals surface area contributed by atoms with Crippen LogP contribution in [0.15, 0.2) is 0 Å². The summed E-state index contributed by atoms with van der Waals surface area (Å²) in [6, 6.07) is 1.54. The van der Waals surface area contributed by atoms with Crippen molar-refractivity contribution in [2.24, 2.45) is 5.92 Å². The summed E-state index contributed by atoms with van der Waals surface area (Å²) in [5.74, 6) is 0.784. The molecule has 0 aromatic heterocycles. The van der Waals surface area contributed by atoms with Gasteiger partial charge in [-0.2, -0.15) is 0 Å². The molecule has 0 radical (unpaired) electrons. The molecule has 2 fully saturated rings. The van der Waals surface area contributed by atoms with Crippen molar-refractivity contribution in [1.82, 2.24) is 15.1 Å². The van der Waals surface area contributed by atoms with Gasteiger partial charge in [-0.25, -0.2) is 0 Å². The van der Waals surface area contributed by atoms with Gasteiger partial charge in [0.1, 0.15) is 0 Å². The molecule has 3 unspecified atom stereocenters. The molecule has 3 nitrogen and oxygen atoms in total. The lowest BCUT2D eigenvalue weighted by Crippen LogP contribution is -2.51. The maximum absolute atomic E-state index is 3.72. The second kappa shape index (κ2) is 6.88. The highest BCUT2D eigenvalue weighted by Crippen LogP contribution is 2.18. The second-order valence-electron chi connectivity index (χ2n) is 6.46. The Labute approximate surface area is 113 Å². The molecule has 0 bridgehead atoms. The van der Waals surface area contributed by atoms with Gasteiger partial charge in [-0.05, 0) is 58.3 Å². The van der Waals surface area contributed by atoms with E-state index in [0.717, 1.165) is 18.0 Å². The molecule has 0 aliphatic carbocycles. The zero-order valence-electron chi connectivity index (χ0n) is 12.5. The molecule has 0 aromatic carbocycles. The monoisotopic (exact) mass is 253 g/mol. The smallest absolute Gasteiger partial charge is 0.0223 e. The summed E-state index contributed by atoms with van der Waals surface area (Å²) in [6.45, 7) is 11.0. The molecule has 18 heavy (non-hydrogen) atoms. The van der Waals surface area contributed by atoms with Gasteiger partial charge in [-0.3, -0.25) is 4.90 Å². The normalized spacial score (nSPS) is 37.2. The summed E-state index contributed by atoms with van der Waals surface area (Å²) < 4.78 is 0. The largest absolute Gasteiger partial charge is 0.314 e. The predicted molar refractivity (Wildman–Crippen MR) is 78.0 cm³/mol. The minimum absolute atomic E-state index is 0.733. The van der Waals surface area contributed by atoms with E-state index < -0.39 is 0 Å². The van der Waals surface area contributed by atoms with E-state index in [4.69, 9.17) is 0 Å². The minimum atomic E-state index is 0.733. The SMILES string of the molecule is CCC1CCN(C2CCCN(C)C2)CC(C)CN1. The van der Waals surface area contributed by atoms with Crippen LogP contribution >= 0.6 is 0 Å². The van der Waals surface area contributed by atoms with Crippen molar-refractivity contribution in [2.45, 2.75) is 51.6 Å². The highest BCUT2D eigenvalue weighted by molar-refractivity contribution is 4.83. The predicted octanol–water partition coefficient (Wildman–Crippen LogP) is 1.79. The van der Waals surface area contributed by atoms with Gasteiger partial charge in [0.15, 0.2) is 0 Å². The van der Waals surface area contributed by atoms with Crippen molar-refractivity contribution < 1.29 is 0 Å². The Morgan fingerprint density at radius 1 is 1.17 bits per heavy atom. The van der Waals surface area contributed by atoms with Gasteiger partial charge in [-0.1, -0.05) is 13.8 Å². The van der Waals surface area contributed by atoms with Gasteiger partial charge in [0.05, 0.1) is 0 Å². The van der Waals surface area contributed by atoms with Gasteiger partial charge < -0.3 is 10.2 Å². The lowest BCUT2D eigenvalue weighted by Gasteiger charge is -2.41. The van der Waals surface area contributed by atoms with Gasteiger partial charge in [-0.15, -0.1) is 0 Å². The molecule has 0 aromatic rings. The molecule has 106 valence electrons. The van der Waals surface area contributed by atoms with Crippen molar-refractivity contribution in [3.63, 3.8) is 0 Å². The molecule has 2 rings (SSSR count). The number of hydrogen-bond acceptors (Lipinski definition) is 3. The van der Waals surface area contributed by atoms with E-state index in [1.165, 1.54) is 58.4 Å². The average molecular weight is 253 g/mol. The third kappa shape index (κ3) is 3.94. The van der Waals surface area contributed by atoms with Crippen LogP contribution in [0.25, 0.3) is 0 Å². The molecular formula is C15H31N3. The van der Waals surface area contributed by atoms with Crippen LogP contribution in [-0.4, -0.2) is 61.7 Å². The Kier molecular flexibility index (Phi) is 5.46. The van der Waals surface area contributed by atoms with Crippen LogP contribution in [-0.2, 0) is 0 Å². The Morgan fingerprint density at radius 3 is 2.72 bits per heavy atom. The van der Waals surface area contributed by atoms with Crippen LogP contribution < -0.4 is 5.32 Å². The fourth-order valence-corrected chi connectivity index (χ4v) is 3.47. The van der Waals surface area contributed by atoms with E-state index in [2.05, 4.69) is 36.0 Å². The summed E-state index contributed by atoms with van der Waals surface area (Å²) in [5.41, 5.74) is 0. The highest BCUT2D eigenvalue weighted by atomic mass is 15.2. The Bertz CT molecular complexity index is 244. The van der Waals surface area contributed by atoms with Gasteiger partial charge >= 0.3 is 0 Å². The van der Waals surface area contributed by atoms with Gasteiger partial charge in [0.2, 0.25) is 0 Å². The van der Waals surface area contributed by atoms with Crippen LogP contribution in [0.2, 0.25) is 0 Å². The molecule has 3 heteroatoms. The van der Waals surface area contributed by atoms with Crippen molar-refractivity contribution in [3.05, 3.63) is 0 Å². The lowest BCUT2D eigenvalue weighted by molar-refractivity contribution is 0.0865. The lowest BCUT2D eigenvalue weighted by atomic mass is 9.99. The van der Waals surface area contributed by atoms with E-state index in [9.17, 15) is 0 Å². The Morgan fingerprint density at radius 2 is 2.00 bits per heavy atom. The first-order chi connectivity index (χ1) is 8.69. The molecule has 2 heterocycles. The molecule has 0 saturated carbocycles. The topological polar surface area (TPSA) is 18.5 Å². The van der Waals surface area contributed by atoms with Crippen LogP contribution in [0.5, 0.6) is 0 Å². The third-order valence-corrected chi connectivity index (χ3v) is 4.67. The summed E-state index contributed by atoms with van der Waals surface area (Å²) in [4.78, 5) is 5.29. The number of likely N-dealkylation sites (tertiary alicyclic amines) is 1. The number of nitrogens with one attached hydrogen (secondary N) is 1. The molecule has 1 N–H and O–H groups in total. The quantitative estimate of drug-likeness (QED) is 0.809. The maximum Gasteiger partial charge on any atom is 0.0223 e. The van der Waals surface area contributed by atoms with Crippen molar-refractivity contribution in [3.8, 4) is 0 Å².